The van der Waals surface area contributed by atoms with Crippen molar-refractivity contribution in [3.05, 3.63) is 22.4 Å². The van der Waals surface area contributed by atoms with Gasteiger partial charge in [0.1, 0.15) is 0 Å². The van der Waals surface area contributed by atoms with Gasteiger partial charge < -0.3 is 9.47 Å². The summed E-state index contributed by atoms with van der Waals surface area (Å²) in [6, 6.07) is 3.34. The summed E-state index contributed by atoms with van der Waals surface area (Å²) >= 11 is 1.79. The largest absolute Gasteiger partial charge is 0.378 e. The van der Waals surface area contributed by atoms with E-state index in [9.17, 15) is 0 Å². The Morgan fingerprint density at radius 3 is 2.70 bits per heavy atom. The quantitative estimate of drug-likeness (QED) is 0.833. The molecule has 0 amide bonds. The van der Waals surface area contributed by atoms with E-state index >= 15 is 0 Å². The van der Waals surface area contributed by atoms with Gasteiger partial charge in [-0.2, -0.15) is 11.3 Å². The topological polar surface area (TPSA) is 21.7 Å². The van der Waals surface area contributed by atoms with Gasteiger partial charge >= 0.3 is 0 Å². The number of rotatable bonds is 5. The highest BCUT2D eigenvalue weighted by Gasteiger charge is 2.39. The summed E-state index contributed by atoms with van der Waals surface area (Å²) in [5.74, 6) is 0.870. The molecule has 1 saturated carbocycles. The van der Waals surface area contributed by atoms with Gasteiger partial charge in [-0.05, 0) is 54.0 Å². The standard InChI is InChI=1S/C16H23NO2S/c1-2-12(1)8-19-16-5-14-9-18-10-15(6-16)17(14)7-13-3-4-20-11-13/h3-4,11-12,14-16H,1-2,5-10H2. The molecule has 4 heteroatoms. The van der Waals surface area contributed by atoms with Gasteiger partial charge in [-0.25, -0.2) is 0 Å². The third-order valence-corrected chi connectivity index (χ3v) is 5.57. The van der Waals surface area contributed by atoms with Crippen molar-refractivity contribution < 1.29 is 9.47 Å². The molecule has 3 aliphatic rings. The van der Waals surface area contributed by atoms with Crippen LogP contribution in [0.4, 0.5) is 0 Å². The molecule has 2 aliphatic heterocycles. The molecule has 3 fully saturated rings. The normalized spacial score (nSPS) is 34.3. The van der Waals surface area contributed by atoms with Crippen LogP contribution < -0.4 is 0 Å². The molecule has 1 aliphatic carbocycles. The highest BCUT2D eigenvalue weighted by atomic mass is 32.1. The fourth-order valence-corrected chi connectivity index (χ4v) is 4.14. The van der Waals surface area contributed by atoms with E-state index in [1.165, 1.54) is 18.4 Å². The number of nitrogens with zero attached hydrogens (tertiary/aromatic N) is 1. The molecule has 1 aromatic rings. The van der Waals surface area contributed by atoms with Crippen LogP contribution in [0.25, 0.3) is 0 Å². The Balaban J connectivity index is 1.38. The number of ether oxygens (including phenoxy) is 2. The van der Waals surface area contributed by atoms with Crippen molar-refractivity contribution in [1.82, 2.24) is 4.90 Å². The van der Waals surface area contributed by atoms with E-state index in [-0.39, 0.29) is 0 Å². The minimum Gasteiger partial charge on any atom is -0.378 e. The summed E-state index contributed by atoms with van der Waals surface area (Å²) < 4.78 is 11.9. The monoisotopic (exact) mass is 293 g/mol. The first-order chi connectivity index (χ1) is 9.88. The molecule has 0 spiro atoms. The van der Waals surface area contributed by atoms with E-state index in [4.69, 9.17) is 9.47 Å². The fourth-order valence-electron chi connectivity index (χ4n) is 3.48. The maximum Gasteiger partial charge on any atom is 0.0623 e. The molecule has 2 bridgehead atoms. The summed E-state index contributed by atoms with van der Waals surface area (Å²) in [5.41, 5.74) is 1.45. The van der Waals surface area contributed by atoms with Crippen molar-refractivity contribution >= 4 is 11.3 Å². The molecule has 3 nitrogen and oxygen atoms in total. The van der Waals surface area contributed by atoms with Crippen molar-refractivity contribution in [3.8, 4) is 0 Å². The zero-order valence-corrected chi connectivity index (χ0v) is 12.7. The molecule has 0 radical (unpaired) electrons. The number of hydrogen-bond donors (Lipinski definition) is 0. The molecule has 0 N–H and O–H groups in total. The Morgan fingerprint density at radius 1 is 1.25 bits per heavy atom. The van der Waals surface area contributed by atoms with Crippen LogP contribution in [0.3, 0.4) is 0 Å². The Kier molecular flexibility index (Phi) is 3.82. The zero-order valence-electron chi connectivity index (χ0n) is 11.9. The Hall–Kier alpha value is -0.420. The van der Waals surface area contributed by atoms with Crippen LogP contribution in [0, 0.1) is 5.92 Å². The maximum atomic E-state index is 6.15. The molecular formula is C16H23NO2S. The smallest absolute Gasteiger partial charge is 0.0623 e. The minimum atomic E-state index is 0.466. The van der Waals surface area contributed by atoms with E-state index in [0.29, 0.717) is 18.2 Å². The number of thiophene rings is 1. The predicted molar refractivity (Wildman–Crippen MR) is 80.0 cm³/mol. The second-order valence-electron chi connectivity index (χ2n) is 6.52. The summed E-state index contributed by atoms with van der Waals surface area (Å²) in [4.78, 5) is 2.66. The van der Waals surface area contributed by atoms with Crippen LogP contribution in [0.15, 0.2) is 16.8 Å². The van der Waals surface area contributed by atoms with Crippen LogP contribution in [0.2, 0.25) is 0 Å². The van der Waals surface area contributed by atoms with Crippen LogP contribution in [0.5, 0.6) is 0 Å². The average molecular weight is 293 g/mol. The first-order valence-electron chi connectivity index (χ1n) is 7.84. The van der Waals surface area contributed by atoms with Gasteiger partial charge in [0.05, 0.1) is 19.3 Å². The Bertz CT molecular complexity index is 418. The molecule has 2 unspecified atom stereocenters. The molecule has 0 aromatic carbocycles. The molecule has 1 aromatic heterocycles. The number of morpholine rings is 1. The molecule has 2 atom stereocenters. The molecule has 110 valence electrons. The molecule has 4 rings (SSSR count). The van der Waals surface area contributed by atoms with Crippen LogP contribution >= 0.6 is 11.3 Å². The van der Waals surface area contributed by atoms with E-state index in [2.05, 4.69) is 21.7 Å². The van der Waals surface area contributed by atoms with Gasteiger partial charge in [-0.15, -0.1) is 0 Å². The van der Waals surface area contributed by atoms with Gasteiger partial charge in [-0.1, -0.05) is 0 Å². The lowest BCUT2D eigenvalue weighted by atomic mass is 9.91. The number of piperidine rings is 1. The highest BCUT2D eigenvalue weighted by molar-refractivity contribution is 7.07. The lowest BCUT2D eigenvalue weighted by Crippen LogP contribution is -2.57. The number of fused-ring (bicyclic) bond motifs is 2. The second-order valence-corrected chi connectivity index (χ2v) is 7.30. The van der Waals surface area contributed by atoms with E-state index < -0.39 is 0 Å². The molecule has 20 heavy (non-hydrogen) atoms. The molecule has 3 heterocycles. The average Bonchev–Trinajstić information content (AvgIpc) is 3.13. The maximum absolute atomic E-state index is 6.15. The SMILES string of the molecule is c1cc(CN2C3COCC2CC(OCC2CC2)C3)cs1. The lowest BCUT2D eigenvalue weighted by molar-refractivity contribution is -0.123. The van der Waals surface area contributed by atoms with Crippen molar-refractivity contribution in [1.29, 1.82) is 0 Å². The summed E-state index contributed by atoms with van der Waals surface area (Å²) in [7, 11) is 0. The lowest BCUT2D eigenvalue weighted by Gasteiger charge is -2.48. The van der Waals surface area contributed by atoms with Crippen LogP contribution in [-0.4, -0.2) is 42.9 Å². The van der Waals surface area contributed by atoms with Gasteiger partial charge in [0.2, 0.25) is 0 Å². The summed E-state index contributed by atoms with van der Waals surface area (Å²) in [6.45, 7) is 3.83. The second kappa shape index (κ2) is 5.76. The predicted octanol–water partition coefficient (Wildman–Crippen LogP) is 2.91. The number of hydrogen-bond acceptors (Lipinski definition) is 4. The van der Waals surface area contributed by atoms with Crippen molar-refractivity contribution in [2.45, 2.75) is 50.4 Å². The zero-order chi connectivity index (χ0) is 13.4. The van der Waals surface area contributed by atoms with Crippen molar-refractivity contribution in [2.75, 3.05) is 19.8 Å². The first kappa shape index (κ1) is 13.3. The third kappa shape index (κ3) is 2.93. The van der Waals surface area contributed by atoms with Crippen molar-refractivity contribution in [2.24, 2.45) is 5.92 Å². The first-order valence-corrected chi connectivity index (χ1v) is 8.79. The third-order valence-electron chi connectivity index (χ3n) is 4.84. The summed E-state index contributed by atoms with van der Waals surface area (Å²) in [5, 5.41) is 4.44. The molecular weight excluding hydrogens is 270 g/mol. The molecule has 2 saturated heterocycles. The van der Waals surface area contributed by atoms with Crippen LogP contribution in [0.1, 0.15) is 31.2 Å². The minimum absolute atomic E-state index is 0.466. The Labute approximate surface area is 124 Å². The van der Waals surface area contributed by atoms with E-state index in [1.54, 1.807) is 11.3 Å². The Morgan fingerprint density at radius 2 is 2.05 bits per heavy atom. The summed E-state index contributed by atoms with van der Waals surface area (Å²) in [6.07, 6.45) is 5.52. The van der Waals surface area contributed by atoms with Gasteiger partial charge in [0, 0.05) is 25.2 Å². The van der Waals surface area contributed by atoms with E-state index in [1.807, 2.05) is 0 Å². The highest BCUT2D eigenvalue weighted by Crippen LogP contribution is 2.34. The van der Waals surface area contributed by atoms with Gasteiger partial charge in [-0.3, -0.25) is 4.90 Å². The van der Waals surface area contributed by atoms with Gasteiger partial charge in [0.15, 0.2) is 0 Å². The fraction of sp³-hybridized carbons (Fsp3) is 0.750. The van der Waals surface area contributed by atoms with E-state index in [0.717, 1.165) is 45.1 Å². The van der Waals surface area contributed by atoms with Crippen molar-refractivity contribution in [3.63, 3.8) is 0 Å². The van der Waals surface area contributed by atoms with Crippen LogP contribution in [-0.2, 0) is 16.0 Å². The van der Waals surface area contributed by atoms with Gasteiger partial charge in [0.25, 0.3) is 0 Å².